The predicted octanol–water partition coefficient (Wildman–Crippen LogP) is 7.16. The second-order valence-corrected chi connectivity index (χ2v) is 6.76. The Kier molecular flexibility index (Phi) is 3.95. The summed E-state index contributed by atoms with van der Waals surface area (Å²) < 4.78 is 6.34. The molecule has 0 aliphatic heterocycles. The SMILES string of the molecule is Oc1ccc(Oc2c3ccccc3c(-c3ccccc3)c3ccccc23)cc1. The number of aromatic hydroxyl groups is 1. The number of rotatable bonds is 3. The van der Waals surface area contributed by atoms with Crippen LogP contribution in [-0.2, 0) is 0 Å². The van der Waals surface area contributed by atoms with Crippen LogP contribution in [0.15, 0.2) is 103 Å². The van der Waals surface area contributed by atoms with Gasteiger partial charge in [0, 0.05) is 10.8 Å². The van der Waals surface area contributed by atoms with Crippen LogP contribution in [0, 0.1) is 0 Å². The van der Waals surface area contributed by atoms with Gasteiger partial charge in [0.15, 0.2) is 0 Å². The summed E-state index contributed by atoms with van der Waals surface area (Å²) in [5, 5.41) is 14.0. The molecule has 0 bridgehead atoms. The highest BCUT2D eigenvalue weighted by molar-refractivity contribution is 6.17. The molecule has 5 rings (SSSR count). The molecule has 134 valence electrons. The zero-order valence-electron chi connectivity index (χ0n) is 15.2. The molecule has 2 nitrogen and oxygen atoms in total. The number of hydrogen-bond donors (Lipinski definition) is 1. The van der Waals surface area contributed by atoms with E-state index >= 15 is 0 Å². The van der Waals surface area contributed by atoms with Gasteiger partial charge < -0.3 is 9.84 Å². The van der Waals surface area contributed by atoms with Crippen molar-refractivity contribution in [3.05, 3.63) is 103 Å². The molecule has 0 amide bonds. The second-order valence-electron chi connectivity index (χ2n) is 6.76. The van der Waals surface area contributed by atoms with Crippen LogP contribution in [0.1, 0.15) is 0 Å². The van der Waals surface area contributed by atoms with Gasteiger partial charge in [-0.15, -0.1) is 0 Å². The highest BCUT2D eigenvalue weighted by Crippen LogP contribution is 2.44. The van der Waals surface area contributed by atoms with Crippen LogP contribution in [0.5, 0.6) is 17.2 Å². The molecule has 0 aromatic heterocycles. The summed E-state index contributed by atoms with van der Waals surface area (Å²) in [6, 6.07) is 34.0. The van der Waals surface area contributed by atoms with E-state index in [4.69, 9.17) is 4.74 Å². The van der Waals surface area contributed by atoms with Gasteiger partial charge in [-0.3, -0.25) is 0 Å². The normalized spacial score (nSPS) is 11.0. The first kappa shape index (κ1) is 16.4. The zero-order valence-corrected chi connectivity index (χ0v) is 15.2. The van der Waals surface area contributed by atoms with Crippen molar-refractivity contribution in [3.8, 4) is 28.4 Å². The summed E-state index contributed by atoms with van der Waals surface area (Å²) in [5.41, 5.74) is 2.40. The Labute approximate surface area is 163 Å². The van der Waals surface area contributed by atoms with Crippen LogP contribution >= 0.6 is 0 Å². The first-order valence-corrected chi connectivity index (χ1v) is 9.27. The number of phenolic OH excluding ortho intramolecular Hbond substituents is 1. The lowest BCUT2D eigenvalue weighted by atomic mass is 9.91. The molecule has 1 N–H and O–H groups in total. The number of fused-ring (bicyclic) bond motifs is 2. The molecule has 2 heteroatoms. The Bertz CT molecular complexity index is 1220. The molecule has 0 fully saturated rings. The predicted molar refractivity (Wildman–Crippen MR) is 115 cm³/mol. The Hall–Kier alpha value is -3.78. The summed E-state index contributed by atoms with van der Waals surface area (Å²) in [7, 11) is 0. The van der Waals surface area contributed by atoms with E-state index in [0.717, 1.165) is 27.3 Å². The van der Waals surface area contributed by atoms with E-state index in [1.807, 2.05) is 18.2 Å². The van der Waals surface area contributed by atoms with E-state index in [0.29, 0.717) is 5.75 Å². The van der Waals surface area contributed by atoms with E-state index in [2.05, 4.69) is 60.7 Å². The molecule has 28 heavy (non-hydrogen) atoms. The van der Waals surface area contributed by atoms with E-state index in [-0.39, 0.29) is 5.75 Å². The van der Waals surface area contributed by atoms with Gasteiger partial charge in [-0.1, -0.05) is 78.9 Å². The summed E-state index contributed by atoms with van der Waals surface area (Å²) in [4.78, 5) is 0. The van der Waals surface area contributed by atoms with Gasteiger partial charge in [-0.05, 0) is 46.2 Å². The molecule has 0 aliphatic carbocycles. The molecular formula is C26H18O2. The third kappa shape index (κ3) is 2.76. The van der Waals surface area contributed by atoms with Crippen molar-refractivity contribution in [1.82, 2.24) is 0 Å². The van der Waals surface area contributed by atoms with Gasteiger partial charge in [0.05, 0.1) is 0 Å². The number of ether oxygens (including phenoxy) is 1. The molecule has 0 atom stereocenters. The smallest absolute Gasteiger partial charge is 0.143 e. The minimum Gasteiger partial charge on any atom is -0.508 e. The van der Waals surface area contributed by atoms with Gasteiger partial charge in [-0.25, -0.2) is 0 Å². The summed E-state index contributed by atoms with van der Waals surface area (Å²) in [5.74, 6) is 1.75. The zero-order chi connectivity index (χ0) is 18.9. The Balaban J connectivity index is 1.85. The van der Waals surface area contributed by atoms with Crippen LogP contribution in [0.4, 0.5) is 0 Å². The maximum atomic E-state index is 9.57. The van der Waals surface area contributed by atoms with Crippen LogP contribution in [0.2, 0.25) is 0 Å². The lowest BCUT2D eigenvalue weighted by Crippen LogP contribution is -1.92. The highest BCUT2D eigenvalue weighted by atomic mass is 16.5. The van der Waals surface area contributed by atoms with Gasteiger partial charge in [0.25, 0.3) is 0 Å². The van der Waals surface area contributed by atoms with Crippen molar-refractivity contribution in [1.29, 1.82) is 0 Å². The molecule has 5 aromatic rings. The average molecular weight is 362 g/mol. The van der Waals surface area contributed by atoms with Crippen LogP contribution < -0.4 is 4.74 Å². The van der Waals surface area contributed by atoms with Crippen LogP contribution in [0.25, 0.3) is 32.7 Å². The van der Waals surface area contributed by atoms with Gasteiger partial charge >= 0.3 is 0 Å². The van der Waals surface area contributed by atoms with Crippen LogP contribution in [0.3, 0.4) is 0 Å². The van der Waals surface area contributed by atoms with Crippen molar-refractivity contribution >= 4 is 21.5 Å². The largest absolute Gasteiger partial charge is 0.508 e. The highest BCUT2D eigenvalue weighted by Gasteiger charge is 2.16. The molecule has 0 heterocycles. The summed E-state index contributed by atoms with van der Waals surface area (Å²) in [6.07, 6.45) is 0. The Morgan fingerprint density at radius 3 is 1.57 bits per heavy atom. The Morgan fingerprint density at radius 2 is 1.00 bits per heavy atom. The monoisotopic (exact) mass is 362 g/mol. The van der Waals surface area contributed by atoms with Crippen molar-refractivity contribution in [2.24, 2.45) is 0 Å². The molecule has 0 spiro atoms. The maximum Gasteiger partial charge on any atom is 0.143 e. The standard InChI is InChI=1S/C26H18O2/c27-19-14-16-20(17-15-19)28-26-23-12-6-4-10-21(23)25(18-8-2-1-3-9-18)22-11-5-7-13-24(22)26/h1-17,27H. The first-order chi connectivity index (χ1) is 13.8. The van der Waals surface area contributed by atoms with Crippen molar-refractivity contribution in [2.45, 2.75) is 0 Å². The summed E-state index contributed by atoms with van der Waals surface area (Å²) in [6.45, 7) is 0. The maximum absolute atomic E-state index is 9.57. The molecule has 5 aromatic carbocycles. The molecule has 0 saturated carbocycles. The molecular weight excluding hydrogens is 344 g/mol. The van der Waals surface area contributed by atoms with Gasteiger partial charge in [-0.2, -0.15) is 0 Å². The molecule has 0 radical (unpaired) electrons. The number of benzene rings is 5. The van der Waals surface area contributed by atoms with E-state index < -0.39 is 0 Å². The van der Waals surface area contributed by atoms with E-state index in [1.54, 1.807) is 24.3 Å². The average Bonchev–Trinajstić information content (AvgIpc) is 2.76. The van der Waals surface area contributed by atoms with Crippen LogP contribution in [-0.4, -0.2) is 5.11 Å². The third-order valence-corrected chi connectivity index (χ3v) is 5.00. The minimum atomic E-state index is 0.224. The lowest BCUT2D eigenvalue weighted by Gasteiger charge is -2.17. The number of hydrogen-bond acceptors (Lipinski definition) is 2. The van der Waals surface area contributed by atoms with Crippen molar-refractivity contribution in [3.63, 3.8) is 0 Å². The lowest BCUT2D eigenvalue weighted by molar-refractivity contribution is 0.467. The first-order valence-electron chi connectivity index (χ1n) is 9.27. The second kappa shape index (κ2) is 6.75. The third-order valence-electron chi connectivity index (χ3n) is 5.00. The van der Waals surface area contributed by atoms with Crippen molar-refractivity contribution < 1.29 is 9.84 Å². The molecule has 0 saturated heterocycles. The van der Waals surface area contributed by atoms with Gasteiger partial charge in [0.1, 0.15) is 17.2 Å². The van der Waals surface area contributed by atoms with E-state index in [9.17, 15) is 5.11 Å². The number of phenols is 1. The molecule has 0 unspecified atom stereocenters. The quantitative estimate of drug-likeness (QED) is 0.345. The fourth-order valence-corrected chi connectivity index (χ4v) is 3.75. The summed E-state index contributed by atoms with van der Waals surface area (Å²) >= 11 is 0. The van der Waals surface area contributed by atoms with Crippen molar-refractivity contribution in [2.75, 3.05) is 0 Å². The minimum absolute atomic E-state index is 0.224. The Morgan fingerprint density at radius 1 is 0.500 bits per heavy atom. The van der Waals surface area contributed by atoms with E-state index in [1.165, 1.54) is 11.1 Å². The fraction of sp³-hybridized carbons (Fsp3) is 0. The van der Waals surface area contributed by atoms with Gasteiger partial charge in [0.2, 0.25) is 0 Å². The molecule has 0 aliphatic rings. The topological polar surface area (TPSA) is 29.5 Å². The fourth-order valence-electron chi connectivity index (χ4n) is 3.75.